The van der Waals surface area contributed by atoms with Crippen molar-refractivity contribution in [3.8, 4) is 0 Å². The third-order valence-corrected chi connectivity index (χ3v) is 6.23. The zero-order chi connectivity index (χ0) is 27.8. The number of halogens is 6. The average molecular weight is 568 g/mol. The van der Waals surface area contributed by atoms with Crippen LogP contribution in [-0.4, -0.2) is 86.2 Å². The van der Waals surface area contributed by atoms with E-state index in [1.807, 2.05) is 10.6 Å². The SMILES string of the molecule is COC(=O)C1=C(C)COC1.COC(=O)C1COCC1=O.O=S(=O)(OS(=O)(=O)C(F)(F)F)C(F)(F)F. The van der Waals surface area contributed by atoms with Crippen LogP contribution in [0.1, 0.15) is 6.92 Å². The molecule has 0 aromatic carbocycles. The third kappa shape index (κ3) is 9.70. The Morgan fingerprint density at radius 3 is 1.63 bits per heavy atom. The zero-order valence-electron chi connectivity index (χ0n) is 17.9. The second-order valence-corrected chi connectivity index (χ2v) is 9.45. The summed E-state index contributed by atoms with van der Waals surface area (Å²) >= 11 is 0. The zero-order valence-corrected chi connectivity index (χ0v) is 19.5. The number of methoxy groups -OCH3 is 2. The molecule has 0 radical (unpaired) electrons. The van der Waals surface area contributed by atoms with E-state index in [1.165, 1.54) is 14.2 Å². The third-order valence-electron chi connectivity index (χ3n) is 3.66. The maximum atomic E-state index is 11.4. The van der Waals surface area contributed by atoms with Gasteiger partial charge in [0.1, 0.15) is 12.5 Å². The van der Waals surface area contributed by atoms with Gasteiger partial charge in [-0.05, 0) is 12.5 Å². The summed E-state index contributed by atoms with van der Waals surface area (Å²) in [6.07, 6.45) is 0. The number of ketones is 1. The molecule has 0 saturated carbocycles. The van der Waals surface area contributed by atoms with Crippen LogP contribution in [0.5, 0.6) is 0 Å². The van der Waals surface area contributed by atoms with Crippen LogP contribution in [0.2, 0.25) is 0 Å². The van der Waals surface area contributed by atoms with Crippen LogP contribution in [0.4, 0.5) is 26.3 Å². The van der Waals surface area contributed by atoms with Crippen molar-refractivity contribution in [3.05, 3.63) is 11.1 Å². The molecule has 0 N–H and O–H groups in total. The van der Waals surface area contributed by atoms with E-state index in [0.29, 0.717) is 18.8 Å². The largest absolute Gasteiger partial charge is 0.524 e. The summed E-state index contributed by atoms with van der Waals surface area (Å²) in [5.41, 5.74) is -10.9. The fraction of sp³-hybridized carbons (Fsp3) is 0.667. The molecule has 204 valence electrons. The van der Waals surface area contributed by atoms with Gasteiger partial charge >= 0.3 is 43.2 Å². The van der Waals surface area contributed by atoms with Gasteiger partial charge in [-0.3, -0.25) is 9.59 Å². The Kier molecular flexibility index (Phi) is 11.8. The number of hydrogen-bond acceptors (Lipinski definition) is 12. The first-order valence-electron chi connectivity index (χ1n) is 8.58. The summed E-state index contributed by atoms with van der Waals surface area (Å²) in [4.78, 5) is 32.3. The van der Waals surface area contributed by atoms with Crippen molar-refractivity contribution in [1.29, 1.82) is 0 Å². The lowest BCUT2D eigenvalue weighted by molar-refractivity contribution is -0.147. The lowest BCUT2D eigenvalue weighted by Crippen LogP contribution is -2.34. The predicted octanol–water partition coefficient (Wildman–Crippen LogP) is 0.583. The van der Waals surface area contributed by atoms with Gasteiger partial charge in [-0.25, -0.2) is 4.79 Å². The number of carbonyl (C=O) groups excluding carboxylic acids is 3. The Bertz CT molecular complexity index is 986. The molecule has 0 aromatic rings. The minimum Gasteiger partial charge on any atom is -0.468 e. The van der Waals surface area contributed by atoms with Crippen molar-refractivity contribution in [2.75, 3.05) is 40.6 Å². The molecule has 1 fully saturated rings. The smallest absolute Gasteiger partial charge is 0.468 e. The van der Waals surface area contributed by atoms with E-state index in [0.717, 1.165) is 5.57 Å². The molecule has 2 heterocycles. The predicted molar refractivity (Wildman–Crippen MR) is 97.9 cm³/mol. The van der Waals surface area contributed by atoms with Crippen LogP contribution in [0.3, 0.4) is 0 Å². The highest BCUT2D eigenvalue weighted by Crippen LogP contribution is 2.32. The first kappa shape index (κ1) is 32.7. The van der Waals surface area contributed by atoms with E-state index in [2.05, 4.69) is 9.47 Å². The van der Waals surface area contributed by atoms with E-state index in [-0.39, 0.29) is 25.0 Å². The highest BCUT2D eigenvalue weighted by Gasteiger charge is 2.57. The Hall–Kier alpha value is -2.29. The summed E-state index contributed by atoms with van der Waals surface area (Å²) in [6.45, 7) is 3.05. The second-order valence-electron chi connectivity index (χ2n) is 6.17. The first-order chi connectivity index (χ1) is 15.7. The first-order valence-corrected chi connectivity index (χ1v) is 11.4. The fourth-order valence-corrected chi connectivity index (χ4v) is 3.44. The number of carbonyl (C=O) groups is 3. The van der Waals surface area contributed by atoms with Crippen molar-refractivity contribution >= 4 is 38.0 Å². The van der Waals surface area contributed by atoms with E-state index in [4.69, 9.17) is 9.47 Å². The van der Waals surface area contributed by atoms with Gasteiger partial charge in [0, 0.05) is 0 Å². The van der Waals surface area contributed by atoms with E-state index in [9.17, 15) is 57.6 Å². The molecule has 20 heteroatoms. The van der Waals surface area contributed by atoms with Crippen molar-refractivity contribution in [2.24, 2.45) is 5.92 Å². The Labute approximate surface area is 194 Å². The summed E-state index contributed by atoms with van der Waals surface area (Å²) in [5, 5.41) is 0. The van der Waals surface area contributed by atoms with E-state index in [1.54, 1.807) is 0 Å². The highest BCUT2D eigenvalue weighted by molar-refractivity contribution is 8.00. The molecule has 0 spiro atoms. The summed E-state index contributed by atoms with van der Waals surface area (Å²) in [7, 11) is -11.1. The van der Waals surface area contributed by atoms with Crippen molar-refractivity contribution in [3.63, 3.8) is 0 Å². The topological polar surface area (TPSA) is 166 Å². The van der Waals surface area contributed by atoms with E-state index < -0.39 is 43.1 Å². The maximum Gasteiger partial charge on any atom is 0.524 e. The Morgan fingerprint density at radius 2 is 1.34 bits per heavy atom. The van der Waals surface area contributed by atoms with Crippen LogP contribution < -0.4 is 0 Å². The fourth-order valence-electron chi connectivity index (χ4n) is 1.88. The normalized spacial score (nSPS) is 18.8. The van der Waals surface area contributed by atoms with Gasteiger partial charge in [0.05, 0.1) is 39.6 Å². The highest BCUT2D eigenvalue weighted by atomic mass is 32.3. The minimum atomic E-state index is -6.85. The quantitative estimate of drug-likeness (QED) is 0.201. The number of rotatable bonds is 4. The van der Waals surface area contributed by atoms with Gasteiger partial charge in [-0.15, -0.1) is 3.63 Å². The summed E-state index contributed by atoms with van der Waals surface area (Å²) < 4.78 is 129. The number of ether oxygens (including phenoxy) is 4. The lowest BCUT2D eigenvalue weighted by atomic mass is 10.1. The number of alkyl halides is 6. The standard InChI is InChI=1S/C7H10O3.C6H8O4.C2F6O5S2/c1-5-3-10-4-6(5)7(8)9-2;1-9-6(8)4-2-10-3-5(4)7;3-1(4,5)14(9,10)13-15(11,12)2(6,7)8/h3-4H2,1-2H3;4H,2-3H2,1H3;. The van der Waals surface area contributed by atoms with E-state index >= 15 is 0 Å². The monoisotopic (exact) mass is 568 g/mol. The molecule has 1 atom stereocenters. The lowest BCUT2D eigenvalue weighted by Gasteiger charge is -2.09. The molecule has 0 aromatic heterocycles. The van der Waals surface area contributed by atoms with Crippen molar-refractivity contribution < 1.29 is 80.1 Å². The Morgan fingerprint density at radius 1 is 0.857 bits per heavy atom. The molecular formula is C15H18F6O12S2. The number of Topliss-reactive ketones (excluding diaryl/α,β-unsaturated/α-hetero) is 1. The minimum absolute atomic E-state index is 0.0414. The molecule has 1 unspecified atom stereocenters. The van der Waals surface area contributed by atoms with Crippen molar-refractivity contribution in [2.45, 2.75) is 17.9 Å². The molecular weight excluding hydrogens is 550 g/mol. The van der Waals surface area contributed by atoms with Crippen molar-refractivity contribution in [1.82, 2.24) is 0 Å². The van der Waals surface area contributed by atoms with Gasteiger partial charge in [0.25, 0.3) is 0 Å². The summed E-state index contributed by atoms with van der Waals surface area (Å²) in [6, 6.07) is 0. The van der Waals surface area contributed by atoms with Crippen LogP contribution in [-0.2, 0) is 57.2 Å². The van der Waals surface area contributed by atoms with Gasteiger partial charge in [0.2, 0.25) is 0 Å². The van der Waals surface area contributed by atoms with Crippen LogP contribution in [0.15, 0.2) is 11.1 Å². The molecule has 2 aliphatic heterocycles. The average Bonchev–Trinajstić information content (AvgIpc) is 3.33. The molecule has 0 amide bonds. The second kappa shape index (κ2) is 12.6. The molecule has 0 bridgehead atoms. The van der Waals surface area contributed by atoms with Crippen LogP contribution >= 0.6 is 0 Å². The van der Waals surface area contributed by atoms with Gasteiger partial charge in [-0.1, -0.05) is 0 Å². The molecule has 35 heavy (non-hydrogen) atoms. The number of hydrogen-bond donors (Lipinski definition) is 0. The number of esters is 2. The van der Waals surface area contributed by atoms with Gasteiger partial charge < -0.3 is 18.9 Å². The molecule has 2 rings (SSSR count). The molecule has 0 aliphatic carbocycles. The van der Waals surface area contributed by atoms with Crippen LogP contribution in [0.25, 0.3) is 0 Å². The molecule has 1 saturated heterocycles. The van der Waals surface area contributed by atoms with Crippen LogP contribution in [0, 0.1) is 5.92 Å². The van der Waals surface area contributed by atoms with Gasteiger partial charge in [0.15, 0.2) is 5.78 Å². The molecule has 2 aliphatic rings. The Balaban J connectivity index is 0.000000510. The summed E-state index contributed by atoms with van der Waals surface area (Å²) in [5.74, 6) is -1.63. The maximum absolute atomic E-state index is 11.4. The molecule has 12 nitrogen and oxygen atoms in total. The van der Waals surface area contributed by atoms with Gasteiger partial charge in [-0.2, -0.15) is 43.2 Å².